The summed E-state index contributed by atoms with van der Waals surface area (Å²) in [6, 6.07) is 25.0. The van der Waals surface area contributed by atoms with Crippen LogP contribution in [-0.4, -0.2) is 17.9 Å². The maximum Gasteiger partial charge on any atom is 0.241 e. The minimum Gasteiger partial charge on any atom is -0.326 e. The number of aryl methyl sites for hydroxylation is 1. The van der Waals surface area contributed by atoms with Crippen molar-refractivity contribution in [1.29, 1.82) is 0 Å². The van der Waals surface area contributed by atoms with Crippen LogP contribution in [-0.2, 0) is 9.59 Å². The molecule has 3 aromatic carbocycles. The van der Waals surface area contributed by atoms with E-state index in [0.717, 1.165) is 11.1 Å². The van der Waals surface area contributed by atoms with Gasteiger partial charge in [-0.1, -0.05) is 60.2 Å². The Balaban J connectivity index is 1.71. The molecule has 154 valence electrons. The summed E-state index contributed by atoms with van der Waals surface area (Å²) in [6.45, 7) is 5.37. The van der Waals surface area contributed by atoms with Crippen molar-refractivity contribution in [3.63, 3.8) is 0 Å². The van der Waals surface area contributed by atoms with Gasteiger partial charge in [-0.05, 0) is 49.2 Å². The first-order valence-electron chi connectivity index (χ1n) is 9.98. The molecule has 0 spiro atoms. The Bertz CT molecular complexity index is 983. The van der Waals surface area contributed by atoms with E-state index in [4.69, 9.17) is 0 Å². The average molecular weight is 402 g/mol. The van der Waals surface area contributed by atoms with Crippen LogP contribution in [0.15, 0.2) is 78.9 Å². The average Bonchev–Trinajstić information content (AvgIpc) is 2.74. The van der Waals surface area contributed by atoms with Gasteiger partial charge in [0.1, 0.15) is 0 Å². The van der Waals surface area contributed by atoms with Gasteiger partial charge >= 0.3 is 0 Å². The second-order valence-corrected chi connectivity index (χ2v) is 7.39. The second-order valence-electron chi connectivity index (χ2n) is 7.39. The lowest BCUT2D eigenvalue weighted by atomic mass is 9.97. The molecule has 0 saturated heterocycles. The quantitative estimate of drug-likeness (QED) is 0.539. The van der Waals surface area contributed by atoms with Gasteiger partial charge in [-0.2, -0.15) is 0 Å². The standard InChI is InChI=1S/C25H27N3O2/c1-17-9-11-21(12-10-17)24(20-7-5-4-6-8-20)26-18(2)25(30)28-23-15-13-22(14-16-23)27-19(3)29/h4-16,18,24,26H,1-3H3,(H,27,29)(H,28,30)/t18-,24+/m1/s1. The largest absolute Gasteiger partial charge is 0.326 e. The molecule has 2 amide bonds. The van der Waals surface area contributed by atoms with Crippen LogP contribution < -0.4 is 16.0 Å². The van der Waals surface area contributed by atoms with Gasteiger partial charge in [0.2, 0.25) is 11.8 Å². The maximum atomic E-state index is 12.8. The van der Waals surface area contributed by atoms with Crippen molar-refractivity contribution in [2.24, 2.45) is 0 Å². The first-order chi connectivity index (χ1) is 14.4. The number of amides is 2. The van der Waals surface area contributed by atoms with Gasteiger partial charge in [0.25, 0.3) is 0 Å². The van der Waals surface area contributed by atoms with Crippen molar-refractivity contribution in [1.82, 2.24) is 5.32 Å². The van der Waals surface area contributed by atoms with E-state index in [2.05, 4.69) is 59.3 Å². The second kappa shape index (κ2) is 9.85. The van der Waals surface area contributed by atoms with E-state index < -0.39 is 6.04 Å². The third-order valence-corrected chi connectivity index (χ3v) is 4.83. The van der Waals surface area contributed by atoms with Crippen molar-refractivity contribution in [3.05, 3.63) is 95.6 Å². The molecule has 30 heavy (non-hydrogen) atoms. The fourth-order valence-corrected chi connectivity index (χ4v) is 3.21. The monoisotopic (exact) mass is 401 g/mol. The van der Waals surface area contributed by atoms with Crippen molar-refractivity contribution in [3.8, 4) is 0 Å². The van der Waals surface area contributed by atoms with Crippen molar-refractivity contribution in [2.45, 2.75) is 32.9 Å². The number of carbonyl (C=O) groups excluding carboxylic acids is 2. The Morgan fingerprint density at radius 2 is 1.27 bits per heavy atom. The number of benzene rings is 3. The SMILES string of the molecule is CC(=O)Nc1ccc(NC(=O)[C@@H](C)N[C@@H](c2ccccc2)c2ccc(C)cc2)cc1. The van der Waals surface area contributed by atoms with Crippen molar-refractivity contribution < 1.29 is 9.59 Å². The van der Waals surface area contributed by atoms with E-state index >= 15 is 0 Å². The lowest BCUT2D eigenvalue weighted by Crippen LogP contribution is -2.40. The molecule has 0 heterocycles. The van der Waals surface area contributed by atoms with Crippen LogP contribution in [0.4, 0.5) is 11.4 Å². The van der Waals surface area contributed by atoms with E-state index in [1.807, 2.05) is 25.1 Å². The Hall–Kier alpha value is -3.44. The molecule has 0 aliphatic heterocycles. The normalized spacial score (nSPS) is 12.6. The van der Waals surface area contributed by atoms with Crippen molar-refractivity contribution in [2.75, 3.05) is 10.6 Å². The van der Waals surface area contributed by atoms with Crippen LogP contribution in [0.1, 0.15) is 36.6 Å². The van der Waals surface area contributed by atoms with E-state index in [-0.39, 0.29) is 17.9 Å². The fraction of sp³-hybridized carbons (Fsp3) is 0.200. The highest BCUT2D eigenvalue weighted by atomic mass is 16.2. The summed E-state index contributed by atoms with van der Waals surface area (Å²) in [7, 11) is 0. The molecular weight excluding hydrogens is 374 g/mol. The zero-order chi connectivity index (χ0) is 21.5. The van der Waals surface area contributed by atoms with Crippen LogP contribution in [0.25, 0.3) is 0 Å². The first-order valence-corrected chi connectivity index (χ1v) is 9.98. The van der Waals surface area contributed by atoms with Gasteiger partial charge in [-0.25, -0.2) is 0 Å². The zero-order valence-electron chi connectivity index (χ0n) is 17.5. The van der Waals surface area contributed by atoms with Gasteiger partial charge in [0, 0.05) is 18.3 Å². The van der Waals surface area contributed by atoms with E-state index in [0.29, 0.717) is 11.4 Å². The highest BCUT2D eigenvalue weighted by Crippen LogP contribution is 2.23. The molecule has 0 unspecified atom stereocenters. The molecule has 0 aromatic heterocycles. The Morgan fingerprint density at radius 1 is 0.733 bits per heavy atom. The molecule has 0 bridgehead atoms. The van der Waals surface area contributed by atoms with Crippen LogP contribution >= 0.6 is 0 Å². The smallest absolute Gasteiger partial charge is 0.241 e. The molecule has 0 aliphatic carbocycles. The predicted octanol–water partition coefficient (Wildman–Crippen LogP) is 4.66. The van der Waals surface area contributed by atoms with Gasteiger partial charge < -0.3 is 10.6 Å². The number of anilines is 2. The topological polar surface area (TPSA) is 70.2 Å². The Kier molecular flexibility index (Phi) is 6.99. The molecular formula is C25H27N3O2. The fourth-order valence-electron chi connectivity index (χ4n) is 3.21. The minimum absolute atomic E-state index is 0.102. The van der Waals surface area contributed by atoms with Gasteiger partial charge in [0.15, 0.2) is 0 Å². The molecule has 0 saturated carbocycles. The van der Waals surface area contributed by atoms with Gasteiger partial charge in [0.05, 0.1) is 12.1 Å². The lowest BCUT2D eigenvalue weighted by molar-refractivity contribution is -0.118. The summed E-state index contributed by atoms with van der Waals surface area (Å²) in [6.07, 6.45) is 0. The van der Waals surface area contributed by atoms with E-state index in [9.17, 15) is 9.59 Å². The molecule has 5 nitrogen and oxygen atoms in total. The van der Waals surface area contributed by atoms with Gasteiger partial charge in [-0.15, -0.1) is 0 Å². The van der Waals surface area contributed by atoms with Crippen LogP contribution in [0.5, 0.6) is 0 Å². The summed E-state index contributed by atoms with van der Waals surface area (Å²) in [5.41, 5.74) is 4.76. The number of rotatable bonds is 7. The third kappa shape index (κ3) is 5.78. The number of nitrogens with one attached hydrogen (secondary N) is 3. The van der Waals surface area contributed by atoms with Crippen LogP contribution in [0.3, 0.4) is 0 Å². The number of hydrogen-bond acceptors (Lipinski definition) is 3. The molecule has 3 aromatic rings. The van der Waals surface area contributed by atoms with E-state index in [1.165, 1.54) is 12.5 Å². The maximum absolute atomic E-state index is 12.8. The van der Waals surface area contributed by atoms with Crippen molar-refractivity contribution >= 4 is 23.2 Å². The first kappa shape index (κ1) is 21.3. The molecule has 5 heteroatoms. The molecule has 3 N–H and O–H groups in total. The summed E-state index contributed by atoms with van der Waals surface area (Å²) < 4.78 is 0. The number of hydrogen-bond donors (Lipinski definition) is 3. The highest BCUT2D eigenvalue weighted by Gasteiger charge is 2.21. The third-order valence-electron chi connectivity index (χ3n) is 4.83. The molecule has 2 atom stereocenters. The highest BCUT2D eigenvalue weighted by molar-refractivity contribution is 5.95. The van der Waals surface area contributed by atoms with Crippen LogP contribution in [0, 0.1) is 6.92 Å². The van der Waals surface area contributed by atoms with Gasteiger partial charge in [-0.3, -0.25) is 14.9 Å². The Labute approximate surface area is 177 Å². The lowest BCUT2D eigenvalue weighted by Gasteiger charge is -2.24. The molecule has 0 fully saturated rings. The summed E-state index contributed by atoms with van der Waals surface area (Å²) in [5.74, 6) is -0.261. The number of carbonyl (C=O) groups is 2. The molecule has 0 radical (unpaired) electrons. The molecule has 3 rings (SSSR count). The van der Waals surface area contributed by atoms with Crippen LogP contribution in [0.2, 0.25) is 0 Å². The summed E-state index contributed by atoms with van der Waals surface area (Å²) in [4.78, 5) is 23.9. The summed E-state index contributed by atoms with van der Waals surface area (Å²) in [5, 5.41) is 9.09. The zero-order valence-corrected chi connectivity index (χ0v) is 17.5. The Morgan fingerprint density at radius 3 is 1.83 bits per heavy atom. The minimum atomic E-state index is -0.425. The molecule has 0 aliphatic rings. The summed E-state index contributed by atoms with van der Waals surface area (Å²) >= 11 is 0. The van der Waals surface area contributed by atoms with E-state index in [1.54, 1.807) is 24.3 Å². The predicted molar refractivity (Wildman–Crippen MR) is 121 cm³/mol.